The van der Waals surface area contributed by atoms with E-state index < -0.39 is 0 Å². The summed E-state index contributed by atoms with van der Waals surface area (Å²) in [5, 5.41) is 0. The van der Waals surface area contributed by atoms with Gasteiger partial charge in [-0.2, -0.15) is 0 Å². The van der Waals surface area contributed by atoms with Crippen molar-refractivity contribution in [2.75, 3.05) is 11.9 Å². The van der Waals surface area contributed by atoms with Gasteiger partial charge in [-0.25, -0.2) is 0 Å². The number of benzene rings is 2. The van der Waals surface area contributed by atoms with Crippen LogP contribution in [0, 0.1) is 0 Å². The Labute approximate surface area is 139 Å². The van der Waals surface area contributed by atoms with Gasteiger partial charge in [0.1, 0.15) is 5.54 Å². The summed E-state index contributed by atoms with van der Waals surface area (Å²) in [4.78, 5) is 7.33. The first-order valence-electron chi connectivity index (χ1n) is 8.39. The Morgan fingerprint density at radius 2 is 1.57 bits per heavy atom. The Bertz CT molecular complexity index is 725. The lowest BCUT2D eigenvalue weighted by atomic mass is 9.80. The molecule has 3 rings (SSSR count). The quantitative estimate of drug-likeness (QED) is 0.760. The molecule has 2 heteroatoms. The highest BCUT2D eigenvalue weighted by molar-refractivity contribution is 6.17. The minimum absolute atomic E-state index is 0.00556. The second kappa shape index (κ2) is 5.52. The summed E-state index contributed by atoms with van der Waals surface area (Å²) in [6.45, 7) is 9.13. The van der Waals surface area contributed by atoms with Gasteiger partial charge in [-0.1, -0.05) is 55.5 Å². The van der Waals surface area contributed by atoms with Crippen LogP contribution >= 0.6 is 0 Å². The molecule has 0 saturated carbocycles. The average Bonchev–Trinajstić information content (AvgIpc) is 2.86. The summed E-state index contributed by atoms with van der Waals surface area (Å²) in [5.41, 5.74) is 4.82. The van der Waals surface area contributed by atoms with Crippen LogP contribution in [0.2, 0.25) is 0 Å². The van der Waals surface area contributed by atoms with Crippen molar-refractivity contribution in [1.82, 2.24) is 0 Å². The molecule has 120 valence electrons. The molecular formula is C21H26N2. The lowest BCUT2D eigenvalue weighted by molar-refractivity contribution is 0.394. The summed E-state index contributed by atoms with van der Waals surface area (Å²) in [6, 6.07) is 19.5. The molecule has 23 heavy (non-hydrogen) atoms. The Morgan fingerprint density at radius 1 is 0.957 bits per heavy atom. The van der Waals surface area contributed by atoms with Gasteiger partial charge in [0.2, 0.25) is 0 Å². The topological polar surface area (TPSA) is 15.6 Å². The smallest absolute Gasteiger partial charge is 0.108 e. The third-order valence-electron chi connectivity index (χ3n) is 4.83. The van der Waals surface area contributed by atoms with Crippen LogP contribution in [0.3, 0.4) is 0 Å². The lowest BCUT2D eigenvalue weighted by Gasteiger charge is -2.48. The van der Waals surface area contributed by atoms with E-state index in [2.05, 4.69) is 87.2 Å². The van der Waals surface area contributed by atoms with Crippen LogP contribution in [0.15, 0.2) is 59.6 Å². The molecule has 2 nitrogen and oxygen atoms in total. The van der Waals surface area contributed by atoms with E-state index in [1.165, 1.54) is 22.5 Å². The fraction of sp³-hybridized carbons (Fsp3) is 0.381. The lowest BCUT2D eigenvalue weighted by Crippen LogP contribution is -2.56. The Hall–Kier alpha value is -2.09. The number of para-hydroxylation sites is 1. The van der Waals surface area contributed by atoms with Crippen LogP contribution in [0.25, 0.3) is 0 Å². The molecule has 0 saturated heterocycles. The molecule has 0 aliphatic carbocycles. The maximum atomic E-state index is 4.77. The minimum atomic E-state index is -0.210. The molecule has 0 bridgehead atoms. The maximum absolute atomic E-state index is 4.77. The van der Waals surface area contributed by atoms with Gasteiger partial charge in [-0.05, 0) is 38.8 Å². The SMILES string of the molecule is CCC1(c2ccccc2)C(=NC)c2ccccc2N1C(C)(C)C. The highest BCUT2D eigenvalue weighted by atomic mass is 15.3. The van der Waals surface area contributed by atoms with Gasteiger partial charge >= 0.3 is 0 Å². The van der Waals surface area contributed by atoms with Crippen molar-refractivity contribution in [3.63, 3.8) is 0 Å². The van der Waals surface area contributed by atoms with Crippen LogP contribution in [0.4, 0.5) is 5.69 Å². The molecule has 1 aliphatic heterocycles. The normalized spacial score (nSPS) is 22.5. The number of rotatable bonds is 2. The molecule has 1 unspecified atom stereocenters. The zero-order valence-corrected chi connectivity index (χ0v) is 14.8. The second-order valence-electron chi connectivity index (χ2n) is 7.18. The van der Waals surface area contributed by atoms with E-state index >= 15 is 0 Å². The first kappa shape index (κ1) is 15.8. The molecule has 0 radical (unpaired) electrons. The van der Waals surface area contributed by atoms with E-state index in [1.807, 2.05) is 7.05 Å². The Morgan fingerprint density at radius 3 is 2.13 bits per heavy atom. The van der Waals surface area contributed by atoms with Gasteiger partial charge in [-0.15, -0.1) is 0 Å². The Kier molecular flexibility index (Phi) is 3.79. The third-order valence-corrected chi connectivity index (χ3v) is 4.83. The van der Waals surface area contributed by atoms with Gasteiger partial charge in [0.15, 0.2) is 0 Å². The van der Waals surface area contributed by atoms with E-state index in [0.29, 0.717) is 0 Å². The molecular weight excluding hydrogens is 280 g/mol. The molecule has 2 aromatic carbocycles. The van der Waals surface area contributed by atoms with Crippen molar-refractivity contribution in [3.8, 4) is 0 Å². The molecule has 0 amide bonds. The van der Waals surface area contributed by atoms with Crippen LogP contribution in [0.5, 0.6) is 0 Å². The monoisotopic (exact) mass is 306 g/mol. The van der Waals surface area contributed by atoms with Crippen molar-refractivity contribution in [2.45, 2.75) is 45.2 Å². The highest BCUT2D eigenvalue weighted by Gasteiger charge is 2.52. The van der Waals surface area contributed by atoms with Gasteiger partial charge < -0.3 is 4.90 Å². The van der Waals surface area contributed by atoms with Gasteiger partial charge in [0.05, 0.1) is 5.71 Å². The van der Waals surface area contributed by atoms with Crippen molar-refractivity contribution in [3.05, 3.63) is 65.7 Å². The number of anilines is 1. The molecule has 2 aromatic rings. The van der Waals surface area contributed by atoms with Crippen molar-refractivity contribution in [2.24, 2.45) is 4.99 Å². The van der Waals surface area contributed by atoms with Gasteiger partial charge in [0.25, 0.3) is 0 Å². The van der Waals surface area contributed by atoms with Gasteiger partial charge in [-0.3, -0.25) is 4.99 Å². The van der Waals surface area contributed by atoms with Gasteiger partial charge in [0, 0.05) is 23.8 Å². The predicted octanol–water partition coefficient (Wildman–Crippen LogP) is 5.03. The van der Waals surface area contributed by atoms with Crippen molar-refractivity contribution < 1.29 is 0 Å². The zero-order chi connectivity index (χ0) is 16.7. The summed E-state index contributed by atoms with van der Waals surface area (Å²) < 4.78 is 0. The molecule has 0 N–H and O–H groups in total. The van der Waals surface area contributed by atoms with E-state index in [1.54, 1.807) is 0 Å². The first-order chi connectivity index (χ1) is 11.0. The predicted molar refractivity (Wildman–Crippen MR) is 99.5 cm³/mol. The molecule has 0 spiro atoms. The number of hydrogen-bond acceptors (Lipinski definition) is 2. The van der Waals surface area contributed by atoms with Crippen LogP contribution in [-0.4, -0.2) is 18.3 Å². The number of aliphatic imine (C=N–C) groups is 1. The first-order valence-corrected chi connectivity index (χ1v) is 8.39. The van der Waals surface area contributed by atoms with Crippen LogP contribution < -0.4 is 4.90 Å². The number of nitrogens with zero attached hydrogens (tertiary/aromatic N) is 2. The Balaban J connectivity index is 2.37. The minimum Gasteiger partial charge on any atom is -0.351 e. The number of fused-ring (bicyclic) bond motifs is 1. The van der Waals surface area contributed by atoms with E-state index in [9.17, 15) is 0 Å². The standard InChI is InChI=1S/C21H26N2/c1-6-21(16-12-8-7-9-13-16)19(22-5)17-14-10-11-15-18(17)23(21)20(2,3)4/h7-15H,6H2,1-5H3. The fourth-order valence-corrected chi connectivity index (χ4v) is 4.15. The van der Waals surface area contributed by atoms with E-state index in [4.69, 9.17) is 4.99 Å². The summed E-state index contributed by atoms with van der Waals surface area (Å²) >= 11 is 0. The maximum Gasteiger partial charge on any atom is 0.108 e. The fourth-order valence-electron chi connectivity index (χ4n) is 4.15. The molecule has 1 atom stereocenters. The third kappa shape index (κ3) is 2.20. The summed E-state index contributed by atoms with van der Waals surface area (Å²) in [5.74, 6) is 0. The molecule has 0 aromatic heterocycles. The van der Waals surface area contributed by atoms with E-state index in [0.717, 1.165) is 6.42 Å². The van der Waals surface area contributed by atoms with Crippen molar-refractivity contribution in [1.29, 1.82) is 0 Å². The zero-order valence-electron chi connectivity index (χ0n) is 14.8. The highest BCUT2D eigenvalue weighted by Crippen LogP contribution is 2.50. The average molecular weight is 306 g/mol. The largest absolute Gasteiger partial charge is 0.351 e. The molecule has 0 fully saturated rings. The number of hydrogen-bond donors (Lipinski definition) is 0. The van der Waals surface area contributed by atoms with E-state index in [-0.39, 0.29) is 11.1 Å². The molecule has 1 heterocycles. The summed E-state index contributed by atoms with van der Waals surface area (Å²) in [6.07, 6.45) is 0.982. The molecule has 1 aliphatic rings. The second-order valence-corrected chi connectivity index (χ2v) is 7.18. The van der Waals surface area contributed by atoms with Crippen LogP contribution in [-0.2, 0) is 5.54 Å². The van der Waals surface area contributed by atoms with Crippen LogP contribution in [0.1, 0.15) is 45.2 Å². The van der Waals surface area contributed by atoms with Crippen molar-refractivity contribution >= 4 is 11.4 Å². The summed E-state index contributed by atoms with van der Waals surface area (Å²) in [7, 11) is 1.92.